The van der Waals surface area contributed by atoms with Gasteiger partial charge in [0.2, 0.25) is 5.91 Å². The summed E-state index contributed by atoms with van der Waals surface area (Å²) in [6.07, 6.45) is -0.0181. The summed E-state index contributed by atoms with van der Waals surface area (Å²) in [5, 5.41) is 24.4. The summed E-state index contributed by atoms with van der Waals surface area (Å²) < 4.78 is 0. The van der Waals surface area contributed by atoms with Gasteiger partial charge in [0.25, 0.3) is 0 Å². The van der Waals surface area contributed by atoms with Crippen molar-refractivity contribution in [1.82, 2.24) is 5.32 Å². The summed E-state index contributed by atoms with van der Waals surface area (Å²) in [7, 11) is 0. The molecule has 1 saturated heterocycles. The Kier molecular flexibility index (Phi) is 3.31. The van der Waals surface area contributed by atoms with Crippen LogP contribution < -0.4 is 10.6 Å². The molecule has 2 rings (SSSR count). The molecule has 1 aromatic carbocycles. The first-order chi connectivity index (χ1) is 8.06. The van der Waals surface area contributed by atoms with Gasteiger partial charge in [0, 0.05) is 12.2 Å². The van der Waals surface area contributed by atoms with E-state index in [-0.39, 0.29) is 17.7 Å². The molecule has 0 radical (unpaired) electrons. The van der Waals surface area contributed by atoms with Crippen molar-refractivity contribution in [3.8, 4) is 5.75 Å². The molecule has 0 aliphatic carbocycles. The van der Waals surface area contributed by atoms with Crippen LogP contribution in [0.25, 0.3) is 0 Å². The minimum absolute atomic E-state index is 0.161. The monoisotopic (exact) mass is 236 g/mol. The van der Waals surface area contributed by atoms with Crippen molar-refractivity contribution in [3.63, 3.8) is 0 Å². The van der Waals surface area contributed by atoms with Gasteiger partial charge in [-0.25, -0.2) is 0 Å². The van der Waals surface area contributed by atoms with Gasteiger partial charge >= 0.3 is 0 Å². The molecule has 2 unspecified atom stereocenters. The van der Waals surface area contributed by atoms with Gasteiger partial charge in [-0.15, -0.1) is 0 Å². The van der Waals surface area contributed by atoms with E-state index < -0.39 is 6.10 Å². The zero-order chi connectivity index (χ0) is 12.4. The van der Waals surface area contributed by atoms with Gasteiger partial charge in [-0.05, 0) is 37.1 Å². The Bertz CT molecular complexity index is 434. The smallest absolute Gasteiger partial charge is 0.241 e. The Labute approximate surface area is 99.5 Å². The minimum atomic E-state index is -0.452. The average molecular weight is 236 g/mol. The Balaban J connectivity index is 2.00. The highest BCUT2D eigenvalue weighted by atomic mass is 16.3. The first-order valence-corrected chi connectivity index (χ1v) is 5.58. The van der Waals surface area contributed by atoms with Crippen molar-refractivity contribution in [3.05, 3.63) is 23.8 Å². The number of amides is 1. The van der Waals surface area contributed by atoms with Crippen LogP contribution in [0.2, 0.25) is 0 Å². The van der Waals surface area contributed by atoms with Gasteiger partial charge in [-0.1, -0.05) is 0 Å². The van der Waals surface area contributed by atoms with Gasteiger partial charge < -0.3 is 20.8 Å². The number of carbonyl (C=O) groups is 1. The van der Waals surface area contributed by atoms with Crippen LogP contribution in [0.3, 0.4) is 0 Å². The number of nitrogens with one attached hydrogen (secondary N) is 2. The van der Waals surface area contributed by atoms with Gasteiger partial charge in [0.1, 0.15) is 5.75 Å². The standard InChI is InChI=1S/C12H16N2O3/c1-7-4-8(2-3-11(7)16)14-12(17)10-5-9(15)6-13-10/h2-4,9-10,13,15-16H,5-6H2,1H3,(H,14,17). The third kappa shape index (κ3) is 2.75. The Morgan fingerprint density at radius 3 is 2.88 bits per heavy atom. The van der Waals surface area contributed by atoms with Crippen LogP contribution in [0.5, 0.6) is 5.75 Å². The number of aliphatic hydroxyl groups excluding tert-OH is 1. The molecule has 1 aromatic rings. The summed E-state index contributed by atoms with van der Waals surface area (Å²) in [6.45, 7) is 2.22. The molecular weight excluding hydrogens is 220 g/mol. The maximum Gasteiger partial charge on any atom is 0.241 e. The van der Waals surface area contributed by atoms with E-state index in [1.165, 1.54) is 0 Å². The normalized spacial score (nSPS) is 23.6. The summed E-state index contributed by atoms with van der Waals surface area (Å²) in [6, 6.07) is 4.55. The fourth-order valence-electron chi connectivity index (χ4n) is 1.88. The van der Waals surface area contributed by atoms with E-state index in [9.17, 15) is 15.0 Å². The number of aliphatic hydroxyl groups is 1. The first kappa shape index (κ1) is 11.9. The van der Waals surface area contributed by atoms with Gasteiger partial charge in [0.05, 0.1) is 12.1 Å². The topological polar surface area (TPSA) is 81.6 Å². The number of β-amino-alcohol motifs (C(OH)–C–C–N with tert-alkyl or cyclic N) is 1. The predicted molar refractivity (Wildman–Crippen MR) is 63.9 cm³/mol. The Morgan fingerprint density at radius 1 is 1.53 bits per heavy atom. The second-order valence-corrected chi connectivity index (χ2v) is 4.34. The molecule has 0 aromatic heterocycles. The van der Waals surface area contributed by atoms with Gasteiger partial charge in [0.15, 0.2) is 0 Å². The molecule has 1 fully saturated rings. The van der Waals surface area contributed by atoms with Crippen molar-refractivity contribution >= 4 is 11.6 Å². The third-order valence-corrected chi connectivity index (χ3v) is 2.89. The van der Waals surface area contributed by atoms with Crippen molar-refractivity contribution < 1.29 is 15.0 Å². The number of aromatic hydroxyl groups is 1. The predicted octanol–water partition coefficient (Wildman–Crippen LogP) is 0.362. The Hall–Kier alpha value is -1.59. The summed E-state index contributed by atoms with van der Waals surface area (Å²) in [5.41, 5.74) is 1.36. The van der Waals surface area contributed by atoms with Crippen LogP contribution >= 0.6 is 0 Å². The van der Waals surface area contributed by atoms with Crippen molar-refractivity contribution in [2.75, 3.05) is 11.9 Å². The highest BCUT2D eigenvalue weighted by Gasteiger charge is 2.27. The van der Waals surface area contributed by atoms with E-state index in [1.54, 1.807) is 25.1 Å². The molecule has 1 aliphatic heterocycles. The van der Waals surface area contributed by atoms with Crippen LogP contribution in [-0.4, -0.2) is 34.8 Å². The summed E-state index contributed by atoms with van der Waals surface area (Å²) in [4.78, 5) is 11.8. The fraction of sp³-hybridized carbons (Fsp3) is 0.417. The molecule has 17 heavy (non-hydrogen) atoms. The van der Waals surface area contributed by atoms with Crippen molar-refractivity contribution in [1.29, 1.82) is 0 Å². The zero-order valence-corrected chi connectivity index (χ0v) is 9.60. The summed E-state index contributed by atoms with van der Waals surface area (Å²) >= 11 is 0. The molecule has 2 atom stereocenters. The highest BCUT2D eigenvalue weighted by Crippen LogP contribution is 2.20. The average Bonchev–Trinajstić information content (AvgIpc) is 2.70. The molecule has 1 aliphatic rings. The number of hydrogen-bond acceptors (Lipinski definition) is 4. The SMILES string of the molecule is Cc1cc(NC(=O)C2CC(O)CN2)ccc1O. The fourth-order valence-corrected chi connectivity index (χ4v) is 1.88. The molecule has 1 amide bonds. The van der Waals surface area contributed by atoms with E-state index >= 15 is 0 Å². The van der Waals surface area contributed by atoms with Crippen molar-refractivity contribution in [2.24, 2.45) is 0 Å². The van der Waals surface area contributed by atoms with E-state index in [2.05, 4.69) is 10.6 Å². The lowest BCUT2D eigenvalue weighted by atomic mass is 10.1. The molecule has 5 heteroatoms. The number of phenols is 1. The summed E-state index contributed by atoms with van der Waals surface area (Å²) in [5.74, 6) is 0.0454. The maximum atomic E-state index is 11.8. The van der Waals surface area contributed by atoms with Crippen molar-refractivity contribution in [2.45, 2.75) is 25.5 Å². The number of aryl methyl sites for hydroxylation is 1. The first-order valence-electron chi connectivity index (χ1n) is 5.58. The van der Waals surface area contributed by atoms with E-state index in [4.69, 9.17) is 0 Å². The van der Waals surface area contributed by atoms with E-state index in [1.807, 2.05) is 0 Å². The van der Waals surface area contributed by atoms with Crippen LogP contribution in [0, 0.1) is 6.92 Å². The quantitative estimate of drug-likeness (QED) is 0.559. The van der Waals surface area contributed by atoms with Crippen LogP contribution in [0.4, 0.5) is 5.69 Å². The van der Waals surface area contributed by atoms with E-state index in [0.717, 1.165) is 0 Å². The molecule has 5 nitrogen and oxygen atoms in total. The molecule has 4 N–H and O–H groups in total. The van der Waals surface area contributed by atoms with Crippen LogP contribution in [-0.2, 0) is 4.79 Å². The number of carbonyl (C=O) groups excluding carboxylic acids is 1. The molecule has 0 spiro atoms. The lowest BCUT2D eigenvalue weighted by Crippen LogP contribution is -2.35. The number of anilines is 1. The largest absolute Gasteiger partial charge is 0.508 e. The zero-order valence-electron chi connectivity index (χ0n) is 9.60. The maximum absolute atomic E-state index is 11.8. The Morgan fingerprint density at radius 2 is 2.29 bits per heavy atom. The van der Waals surface area contributed by atoms with Crippen LogP contribution in [0.1, 0.15) is 12.0 Å². The molecule has 1 heterocycles. The third-order valence-electron chi connectivity index (χ3n) is 2.89. The number of rotatable bonds is 2. The lowest BCUT2D eigenvalue weighted by Gasteiger charge is -2.11. The van der Waals surface area contributed by atoms with E-state index in [0.29, 0.717) is 24.2 Å². The lowest BCUT2D eigenvalue weighted by molar-refractivity contribution is -0.117. The van der Waals surface area contributed by atoms with Gasteiger partial charge in [-0.3, -0.25) is 4.79 Å². The minimum Gasteiger partial charge on any atom is -0.508 e. The molecular formula is C12H16N2O3. The van der Waals surface area contributed by atoms with Gasteiger partial charge in [-0.2, -0.15) is 0 Å². The molecule has 0 bridgehead atoms. The second-order valence-electron chi connectivity index (χ2n) is 4.34. The molecule has 0 saturated carbocycles. The number of phenolic OH excluding ortho intramolecular Hbond substituents is 1. The number of benzene rings is 1. The number of hydrogen-bond donors (Lipinski definition) is 4. The highest BCUT2D eigenvalue weighted by molar-refractivity contribution is 5.95. The second kappa shape index (κ2) is 4.73. The van der Waals surface area contributed by atoms with Crippen LogP contribution in [0.15, 0.2) is 18.2 Å². The molecule has 92 valence electrons.